The number of benzene rings is 1. The fourth-order valence-electron chi connectivity index (χ4n) is 0.583. The molecule has 0 radical (unpaired) electrons. The normalized spacial score (nSPS) is 11.3. The Hall–Kier alpha value is -0.181. The van der Waals surface area contributed by atoms with Crippen molar-refractivity contribution in [3.8, 4) is 0 Å². The summed E-state index contributed by atoms with van der Waals surface area (Å²) < 4.78 is 22.0. The summed E-state index contributed by atoms with van der Waals surface area (Å²) in [5.41, 5.74) is 0. The van der Waals surface area contributed by atoms with Crippen molar-refractivity contribution in [2.75, 3.05) is 0 Å². The van der Waals surface area contributed by atoms with Crippen LogP contribution in [0.3, 0.4) is 0 Å². The van der Waals surface area contributed by atoms with Crippen LogP contribution in [0.2, 0.25) is 0 Å². The second-order valence-corrected chi connectivity index (χ2v) is 9.01. The van der Waals surface area contributed by atoms with Gasteiger partial charge >= 0.3 is 67.5 Å². The Morgan fingerprint density at radius 1 is 1.10 bits per heavy atom. The van der Waals surface area contributed by atoms with E-state index in [1.54, 1.807) is 30.3 Å². The summed E-state index contributed by atoms with van der Waals surface area (Å²) in [6, 6.07) is 8.29. The molecule has 0 aliphatic rings. The molecular weight excluding hydrogens is 263 g/mol. The molecule has 0 N–H and O–H groups in total. The third kappa shape index (κ3) is 1.90. The molecule has 1 rings (SSSR count). The molecule has 10 heavy (non-hydrogen) atoms. The number of halogens is 1. The molecule has 1 aromatic carbocycles. The summed E-state index contributed by atoms with van der Waals surface area (Å²) in [5, 5.41) is 0. The van der Waals surface area contributed by atoms with E-state index in [0.29, 0.717) is 4.46 Å². The van der Waals surface area contributed by atoms with Crippen LogP contribution in [0.4, 0.5) is 0 Å². The van der Waals surface area contributed by atoms with Crippen molar-refractivity contribution < 1.29 is 7.67 Å². The first-order valence-corrected chi connectivity index (χ1v) is 8.87. The number of hydrogen-bond acceptors (Lipinski definition) is 2. The predicted molar refractivity (Wildman–Crippen MR) is 42.1 cm³/mol. The Morgan fingerprint density at radius 2 is 1.60 bits per heavy atom. The van der Waals surface area contributed by atoms with E-state index in [4.69, 9.17) is 0 Å². The van der Waals surface area contributed by atoms with Gasteiger partial charge in [-0.25, -0.2) is 0 Å². The molecule has 0 atom stereocenters. The van der Waals surface area contributed by atoms with Gasteiger partial charge in [-0.3, -0.25) is 0 Å². The standard InChI is InChI=1S/C6H5BrO2Se/c7-10(8,9)6-4-2-1-3-5-6/h1-5H. The van der Waals surface area contributed by atoms with Crippen molar-refractivity contribution >= 4 is 29.5 Å². The second-order valence-electron chi connectivity index (χ2n) is 1.75. The zero-order valence-electron chi connectivity index (χ0n) is 4.99. The van der Waals surface area contributed by atoms with Gasteiger partial charge in [0, 0.05) is 0 Å². The molecule has 0 aliphatic carbocycles. The molecule has 0 bridgehead atoms. The van der Waals surface area contributed by atoms with E-state index in [2.05, 4.69) is 14.1 Å². The third-order valence-corrected chi connectivity index (χ3v) is 4.72. The van der Waals surface area contributed by atoms with Gasteiger partial charge < -0.3 is 0 Å². The molecule has 2 nitrogen and oxygen atoms in total. The summed E-state index contributed by atoms with van der Waals surface area (Å²) in [7, 11) is -3.89. The van der Waals surface area contributed by atoms with Crippen LogP contribution in [-0.2, 0) is 7.67 Å². The molecular formula is C6H5BrO2Se. The van der Waals surface area contributed by atoms with Crippen LogP contribution in [0.25, 0.3) is 0 Å². The molecule has 0 fully saturated rings. The topological polar surface area (TPSA) is 34.1 Å². The Labute approximate surface area is 67.6 Å². The average molecular weight is 268 g/mol. The van der Waals surface area contributed by atoms with Gasteiger partial charge in [-0.15, -0.1) is 0 Å². The van der Waals surface area contributed by atoms with Crippen molar-refractivity contribution in [1.29, 1.82) is 0 Å². The molecule has 54 valence electrons. The molecule has 0 heterocycles. The first-order chi connectivity index (χ1) is 4.61. The van der Waals surface area contributed by atoms with Crippen LogP contribution < -0.4 is 4.46 Å². The molecule has 0 saturated carbocycles. The molecule has 0 spiro atoms. The van der Waals surface area contributed by atoms with E-state index in [-0.39, 0.29) is 0 Å². The third-order valence-electron chi connectivity index (χ3n) is 1.02. The van der Waals surface area contributed by atoms with E-state index < -0.39 is 10.9 Å². The maximum atomic E-state index is 10.8. The fraction of sp³-hybridized carbons (Fsp3) is 0. The zero-order valence-corrected chi connectivity index (χ0v) is 8.29. The quantitative estimate of drug-likeness (QED) is 0.714. The summed E-state index contributed by atoms with van der Waals surface area (Å²) in [6.45, 7) is 0. The van der Waals surface area contributed by atoms with E-state index >= 15 is 0 Å². The van der Waals surface area contributed by atoms with Crippen molar-refractivity contribution in [3.63, 3.8) is 0 Å². The minimum atomic E-state index is -3.89. The molecule has 0 unspecified atom stereocenters. The van der Waals surface area contributed by atoms with Crippen LogP contribution in [0, 0.1) is 0 Å². The SMILES string of the molecule is O=[Se](=O)(Br)c1ccccc1. The Kier molecular flexibility index (Phi) is 2.24. The summed E-state index contributed by atoms with van der Waals surface area (Å²) >= 11 is 2.63. The van der Waals surface area contributed by atoms with Crippen LogP contribution in [0.15, 0.2) is 30.3 Å². The first-order valence-electron chi connectivity index (χ1n) is 2.60. The van der Waals surface area contributed by atoms with Gasteiger partial charge in [0.2, 0.25) is 0 Å². The van der Waals surface area contributed by atoms with Gasteiger partial charge in [0.05, 0.1) is 0 Å². The molecule has 0 aromatic heterocycles. The van der Waals surface area contributed by atoms with Crippen molar-refractivity contribution in [3.05, 3.63) is 30.3 Å². The van der Waals surface area contributed by atoms with Crippen molar-refractivity contribution in [2.24, 2.45) is 0 Å². The van der Waals surface area contributed by atoms with Crippen LogP contribution in [0.1, 0.15) is 0 Å². The van der Waals surface area contributed by atoms with E-state index in [1.165, 1.54) is 0 Å². The van der Waals surface area contributed by atoms with E-state index in [0.717, 1.165) is 0 Å². The Bertz CT molecular complexity index is 304. The molecule has 0 saturated heterocycles. The summed E-state index contributed by atoms with van der Waals surface area (Å²) in [6.07, 6.45) is 0. The average Bonchev–Trinajstić information content (AvgIpc) is 1.88. The van der Waals surface area contributed by atoms with Gasteiger partial charge in [-0.2, -0.15) is 0 Å². The Balaban J connectivity index is 3.22. The van der Waals surface area contributed by atoms with Gasteiger partial charge in [0.1, 0.15) is 0 Å². The molecule has 0 amide bonds. The zero-order chi connectivity index (χ0) is 7.61. The predicted octanol–water partition coefficient (Wildman–Crippen LogP) is 1.09. The first kappa shape index (κ1) is 7.92. The van der Waals surface area contributed by atoms with Gasteiger partial charge in [-0.1, -0.05) is 0 Å². The minimum absolute atomic E-state index is 0.360. The van der Waals surface area contributed by atoms with E-state index in [1.807, 2.05) is 0 Å². The van der Waals surface area contributed by atoms with E-state index in [9.17, 15) is 7.67 Å². The van der Waals surface area contributed by atoms with Gasteiger partial charge in [0.15, 0.2) is 0 Å². The van der Waals surface area contributed by atoms with Gasteiger partial charge in [-0.05, 0) is 0 Å². The van der Waals surface area contributed by atoms with Crippen LogP contribution in [-0.4, -0.2) is 10.9 Å². The monoisotopic (exact) mass is 268 g/mol. The summed E-state index contributed by atoms with van der Waals surface area (Å²) in [5.74, 6) is 0. The second kappa shape index (κ2) is 2.82. The van der Waals surface area contributed by atoms with Crippen LogP contribution >= 0.6 is 14.1 Å². The molecule has 0 aliphatic heterocycles. The van der Waals surface area contributed by atoms with Crippen LogP contribution in [0.5, 0.6) is 0 Å². The van der Waals surface area contributed by atoms with Crippen molar-refractivity contribution in [2.45, 2.75) is 0 Å². The fourth-order valence-corrected chi connectivity index (χ4v) is 2.72. The molecule has 4 heteroatoms. The molecule has 1 aromatic rings. The Morgan fingerprint density at radius 3 is 1.90 bits per heavy atom. The number of rotatable bonds is 1. The van der Waals surface area contributed by atoms with Gasteiger partial charge in [0.25, 0.3) is 0 Å². The number of hydrogen-bond donors (Lipinski definition) is 0. The maximum absolute atomic E-state index is 10.8. The summed E-state index contributed by atoms with van der Waals surface area (Å²) in [4.78, 5) is 0. The van der Waals surface area contributed by atoms with Crippen molar-refractivity contribution in [1.82, 2.24) is 0 Å².